The summed E-state index contributed by atoms with van der Waals surface area (Å²) in [5.74, 6) is 0. The van der Waals surface area contributed by atoms with Crippen LogP contribution in [0, 0.1) is 0 Å². The van der Waals surface area contributed by atoms with Crippen molar-refractivity contribution in [1.29, 1.82) is 0 Å². The fourth-order valence-corrected chi connectivity index (χ4v) is 7.87. The Morgan fingerprint density at radius 3 is 1.79 bits per heavy atom. The van der Waals surface area contributed by atoms with E-state index in [1.54, 1.807) is 0 Å². The average molecular weight is 664 g/mol. The molecule has 0 saturated carbocycles. The SMILES string of the molecule is c1ccc(-n2c3ccccc3c3cc(-c4ccc5ccc6ccc(-c7ccc(-c8cccc9c8oc8ccccc89)cc7)nc6c5n4)ccc32)cc1. The molecular formula is C48H29N3O. The minimum atomic E-state index is 0.898. The third kappa shape index (κ3) is 4.41. The first-order chi connectivity index (χ1) is 25.8. The van der Waals surface area contributed by atoms with Crippen molar-refractivity contribution in [3.63, 3.8) is 0 Å². The van der Waals surface area contributed by atoms with Gasteiger partial charge in [-0.3, -0.25) is 0 Å². The van der Waals surface area contributed by atoms with Crippen molar-refractivity contribution in [2.45, 2.75) is 0 Å². The number of hydrogen-bond acceptors (Lipinski definition) is 3. The lowest BCUT2D eigenvalue weighted by molar-refractivity contribution is 0.670. The monoisotopic (exact) mass is 663 g/mol. The summed E-state index contributed by atoms with van der Waals surface area (Å²) >= 11 is 0. The van der Waals surface area contributed by atoms with Crippen molar-refractivity contribution >= 4 is 65.6 Å². The van der Waals surface area contributed by atoms with Crippen LogP contribution in [0.2, 0.25) is 0 Å². The Hall–Kier alpha value is -7.04. The van der Waals surface area contributed by atoms with Gasteiger partial charge in [0.05, 0.1) is 33.5 Å². The van der Waals surface area contributed by atoms with E-state index in [1.165, 1.54) is 21.8 Å². The van der Waals surface area contributed by atoms with Crippen LogP contribution in [0.5, 0.6) is 0 Å². The van der Waals surface area contributed by atoms with Crippen LogP contribution in [0.3, 0.4) is 0 Å². The van der Waals surface area contributed by atoms with Gasteiger partial charge in [0.15, 0.2) is 0 Å². The first-order valence-electron chi connectivity index (χ1n) is 17.6. The number of nitrogens with zero attached hydrogens (tertiary/aromatic N) is 3. The van der Waals surface area contributed by atoms with Gasteiger partial charge in [0.1, 0.15) is 11.2 Å². The van der Waals surface area contributed by atoms with Crippen LogP contribution in [-0.2, 0) is 0 Å². The van der Waals surface area contributed by atoms with E-state index >= 15 is 0 Å². The summed E-state index contributed by atoms with van der Waals surface area (Å²) in [7, 11) is 0. The lowest BCUT2D eigenvalue weighted by Crippen LogP contribution is -1.93. The molecule has 0 radical (unpaired) electrons. The zero-order valence-corrected chi connectivity index (χ0v) is 28.0. The van der Waals surface area contributed by atoms with Gasteiger partial charge in [-0.2, -0.15) is 0 Å². The Morgan fingerprint density at radius 1 is 0.404 bits per heavy atom. The summed E-state index contributed by atoms with van der Waals surface area (Å²) < 4.78 is 8.66. The number of rotatable bonds is 4. The maximum absolute atomic E-state index is 6.32. The largest absolute Gasteiger partial charge is 0.455 e. The minimum absolute atomic E-state index is 0.898. The van der Waals surface area contributed by atoms with Gasteiger partial charge in [-0.15, -0.1) is 0 Å². The number of benzene rings is 7. The van der Waals surface area contributed by atoms with Crippen molar-refractivity contribution < 1.29 is 4.42 Å². The van der Waals surface area contributed by atoms with Crippen molar-refractivity contribution in [3.8, 4) is 39.3 Å². The molecule has 4 aromatic heterocycles. The summed E-state index contributed by atoms with van der Waals surface area (Å²) in [5.41, 5.74) is 13.3. The maximum Gasteiger partial charge on any atom is 0.143 e. The van der Waals surface area contributed by atoms with E-state index in [2.05, 4.69) is 168 Å². The number of furan rings is 1. The van der Waals surface area contributed by atoms with E-state index in [9.17, 15) is 0 Å². The number of pyridine rings is 2. The van der Waals surface area contributed by atoms with Crippen LogP contribution >= 0.6 is 0 Å². The standard InChI is InChI=1S/C48H29N3O/c1-2-9-35(10-3-1)51-43-15-6-4-11-37(43)40-29-34(25-28-44(40)51)42-27-24-33-22-21-32-23-26-41(49-46(32)47(33)50-42)31-19-17-30(18-20-31)36-13-8-14-39-38-12-5-7-16-45(38)52-48(36)39/h1-29H. The molecule has 4 heterocycles. The first kappa shape index (κ1) is 28.8. The molecule has 0 unspecified atom stereocenters. The third-order valence-corrected chi connectivity index (χ3v) is 10.4. The summed E-state index contributed by atoms with van der Waals surface area (Å²) in [5, 5.41) is 6.83. The Kier molecular flexibility index (Phi) is 6.22. The molecule has 0 atom stereocenters. The number of para-hydroxylation sites is 4. The summed E-state index contributed by atoms with van der Waals surface area (Å²) in [4.78, 5) is 10.5. The Morgan fingerprint density at radius 2 is 1.00 bits per heavy atom. The van der Waals surface area contributed by atoms with Crippen LogP contribution in [-0.4, -0.2) is 14.5 Å². The van der Waals surface area contributed by atoms with Crippen LogP contribution in [0.1, 0.15) is 0 Å². The molecule has 52 heavy (non-hydrogen) atoms. The quantitative estimate of drug-likeness (QED) is 0.176. The first-order valence-corrected chi connectivity index (χ1v) is 17.6. The van der Waals surface area contributed by atoms with Crippen LogP contribution in [0.4, 0.5) is 0 Å². The highest BCUT2D eigenvalue weighted by Gasteiger charge is 2.15. The van der Waals surface area contributed by atoms with Crippen LogP contribution in [0.25, 0.3) is 105 Å². The van der Waals surface area contributed by atoms with E-state index in [0.717, 1.165) is 83.1 Å². The molecule has 0 bridgehead atoms. The fraction of sp³-hybridized carbons (Fsp3) is 0. The Balaban J connectivity index is 1.00. The van der Waals surface area contributed by atoms with Gasteiger partial charge in [0, 0.05) is 54.7 Å². The predicted molar refractivity (Wildman–Crippen MR) is 215 cm³/mol. The molecule has 0 N–H and O–H groups in total. The third-order valence-electron chi connectivity index (χ3n) is 10.4. The highest BCUT2D eigenvalue weighted by Crippen LogP contribution is 2.38. The van der Waals surface area contributed by atoms with Gasteiger partial charge in [0.25, 0.3) is 0 Å². The normalized spacial score (nSPS) is 11.8. The van der Waals surface area contributed by atoms with Gasteiger partial charge < -0.3 is 8.98 Å². The summed E-state index contributed by atoms with van der Waals surface area (Å²) in [6, 6.07) is 61.9. The van der Waals surface area contributed by atoms with Crippen molar-refractivity contribution in [2.24, 2.45) is 0 Å². The summed E-state index contributed by atoms with van der Waals surface area (Å²) in [6.07, 6.45) is 0. The molecule has 0 saturated heterocycles. The number of fused-ring (bicyclic) bond motifs is 9. The Bertz CT molecular complexity index is 3170. The van der Waals surface area contributed by atoms with E-state index in [1.807, 2.05) is 12.1 Å². The smallest absolute Gasteiger partial charge is 0.143 e. The molecule has 11 rings (SSSR count). The van der Waals surface area contributed by atoms with E-state index in [0.29, 0.717) is 0 Å². The van der Waals surface area contributed by atoms with Gasteiger partial charge in [0.2, 0.25) is 0 Å². The van der Waals surface area contributed by atoms with Gasteiger partial charge in [-0.05, 0) is 54.1 Å². The Labute approximate surface area is 298 Å². The van der Waals surface area contributed by atoms with Gasteiger partial charge >= 0.3 is 0 Å². The minimum Gasteiger partial charge on any atom is -0.455 e. The molecule has 0 aliphatic heterocycles. The van der Waals surface area contributed by atoms with Gasteiger partial charge in [-0.1, -0.05) is 127 Å². The van der Waals surface area contributed by atoms with E-state index < -0.39 is 0 Å². The molecule has 242 valence electrons. The second-order valence-corrected chi connectivity index (χ2v) is 13.4. The highest BCUT2D eigenvalue weighted by atomic mass is 16.3. The lowest BCUT2D eigenvalue weighted by Gasteiger charge is -2.10. The van der Waals surface area contributed by atoms with Crippen LogP contribution < -0.4 is 0 Å². The molecule has 4 nitrogen and oxygen atoms in total. The zero-order valence-electron chi connectivity index (χ0n) is 28.0. The molecule has 0 aliphatic rings. The fourth-order valence-electron chi connectivity index (χ4n) is 7.87. The highest BCUT2D eigenvalue weighted by molar-refractivity contribution is 6.11. The molecule has 11 aromatic rings. The molecule has 4 heteroatoms. The summed E-state index contributed by atoms with van der Waals surface area (Å²) in [6.45, 7) is 0. The molecule has 0 spiro atoms. The zero-order chi connectivity index (χ0) is 34.2. The number of aromatic nitrogens is 3. The second-order valence-electron chi connectivity index (χ2n) is 13.4. The molecule has 7 aromatic carbocycles. The molecule has 0 aliphatic carbocycles. The number of hydrogen-bond donors (Lipinski definition) is 0. The topological polar surface area (TPSA) is 43.9 Å². The van der Waals surface area contributed by atoms with E-state index in [4.69, 9.17) is 14.4 Å². The second kappa shape index (κ2) is 11.2. The molecular weight excluding hydrogens is 635 g/mol. The van der Waals surface area contributed by atoms with E-state index in [-0.39, 0.29) is 0 Å². The molecule has 0 amide bonds. The van der Waals surface area contributed by atoms with Crippen molar-refractivity contribution in [2.75, 3.05) is 0 Å². The predicted octanol–water partition coefficient (Wildman–Crippen LogP) is 12.8. The lowest BCUT2D eigenvalue weighted by atomic mass is 10.00. The van der Waals surface area contributed by atoms with Crippen LogP contribution in [0.15, 0.2) is 180 Å². The van der Waals surface area contributed by atoms with Crippen molar-refractivity contribution in [3.05, 3.63) is 176 Å². The van der Waals surface area contributed by atoms with Crippen molar-refractivity contribution in [1.82, 2.24) is 14.5 Å². The average Bonchev–Trinajstić information content (AvgIpc) is 3.76. The maximum atomic E-state index is 6.32. The van der Waals surface area contributed by atoms with Gasteiger partial charge in [-0.25, -0.2) is 9.97 Å². The molecule has 0 fully saturated rings.